The van der Waals surface area contributed by atoms with Crippen molar-refractivity contribution in [2.45, 2.75) is 38.6 Å². The van der Waals surface area contributed by atoms with Gasteiger partial charge in [-0.15, -0.1) is 11.3 Å². The third-order valence-electron chi connectivity index (χ3n) is 3.61. The molecule has 1 aromatic heterocycles. The molecule has 2 amide bonds. The van der Waals surface area contributed by atoms with Gasteiger partial charge in [0.15, 0.2) is 0 Å². The van der Waals surface area contributed by atoms with Crippen LogP contribution in [0.3, 0.4) is 0 Å². The average Bonchev–Trinajstić information content (AvgIpc) is 2.93. The van der Waals surface area contributed by atoms with Gasteiger partial charge in [0.1, 0.15) is 0 Å². The molecule has 104 valence electrons. The lowest BCUT2D eigenvalue weighted by Gasteiger charge is -2.29. The predicted molar refractivity (Wildman–Crippen MR) is 76.2 cm³/mol. The topological polar surface area (TPSA) is 58.2 Å². The molecule has 1 saturated carbocycles. The zero-order chi connectivity index (χ0) is 13.7. The highest BCUT2D eigenvalue weighted by atomic mass is 32.1. The summed E-state index contributed by atoms with van der Waals surface area (Å²) in [5, 5.41) is 7.51. The summed E-state index contributed by atoms with van der Waals surface area (Å²) < 4.78 is 0. The molecule has 0 aliphatic heterocycles. The van der Waals surface area contributed by atoms with E-state index in [9.17, 15) is 9.59 Å². The lowest BCUT2D eigenvalue weighted by molar-refractivity contribution is -0.121. The number of nitrogens with one attached hydrogen (secondary N) is 2. The fourth-order valence-corrected chi connectivity index (χ4v) is 3.08. The highest BCUT2D eigenvalue weighted by Crippen LogP contribution is 2.23. The van der Waals surface area contributed by atoms with Crippen molar-refractivity contribution in [1.82, 2.24) is 10.6 Å². The molecule has 2 atom stereocenters. The summed E-state index contributed by atoms with van der Waals surface area (Å²) in [5.41, 5.74) is 0. The van der Waals surface area contributed by atoms with Gasteiger partial charge in [0.25, 0.3) is 5.91 Å². The molecule has 0 unspecified atom stereocenters. The average molecular weight is 280 g/mol. The van der Waals surface area contributed by atoms with E-state index in [1.807, 2.05) is 11.4 Å². The maximum atomic E-state index is 11.8. The van der Waals surface area contributed by atoms with Gasteiger partial charge >= 0.3 is 0 Å². The van der Waals surface area contributed by atoms with Gasteiger partial charge in [-0.2, -0.15) is 0 Å². The predicted octanol–water partition coefficient (Wildman–Crippen LogP) is 2.17. The van der Waals surface area contributed by atoms with Crippen molar-refractivity contribution < 1.29 is 9.59 Å². The van der Waals surface area contributed by atoms with Crippen LogP contribution in [0.2, 0.25) is 0 Å². The first-order valence-corrected chi connectivity index (χ1v) is 7.66. The second-order valence-corrected chi connectivity index (χ2v) is 6.04. The van der Waals surface area contributed by atoms with E-state index >= 15 is 0 Å². The van der Waals surface area contributed by atoms with Gasteiger partial charge in [-0.25, -0.2) is 0 Å². The van der Waals surface area contributed by atoms with Crippen molar-refractivity contribution in [2.24, 2.45) is 5.92 Å². The van der Waals surface area contributed by atoms with E-state index in [-0.39, 0.29) is 24.4 Å². The number of thiophene rings is 1. The highest BCUT2D eigenvalue weighted by molar-refractivity contribution is 7.12. The van der Waals surface area contributed by atoms with Gasteiger partial charge in [0, 0.05) is 6.04 Å². The van der Waals surface area contributed by atoms with E-state index in [0.29, 0.717) is 10.8 Å². The monoisotopic (exact) mass is 280 g/mol. The summed E-state index contributed by atoms with van der Waals surface area (Å²) in [5.74, 6) is 0.260. The van der Waals surface area contributed by atoms with E-state index in [1.165, 1.54) is 30.6 Å². The Morgan fingerprint density at radius 3 is 2.84 bits per heavy atom. The van der Waals surface area contributed by atoms with Gasteiger partial charge < -0.3 is 10.6 Å². The molecule has 4 nitrogen and oxygen atoms in total. The van der Waals surface area contributed by atoms with Crippen molar-refractivity contribution in [2.75, 3.05) is 6.54 Å². The second kappa shape index (κ2) is 6.70. The van der Waals surface area contributed by atoms with E-state index in [2.05, 4.69) is 17.6 Å². The van der Waals surface area contributed by atoms with Crippen LogP contribution in [-0.2, 0) is 4.79 Å². The van der Waals surface area contributed by atoms with Crippen LogP contribution in [0, 0.1) is 5.92 Å². The molecule has 0 saturated heterocycles. The Morgan fingerprint density at radius 1 is 1.37 bits per heavy atom. The molecule has 1 fully saturated rings. The summed E-state index contributed by atoms with van der Waals surface area (Å²) in [4.78, 5) is 24.1. The number of amides is 2. The Morgan fingerprint density at radius 2 is 2.16 bits per heavy atom. The molecule has 1 aliphatic rings. The van der Waals surface area contributed by atoms with Gasteiger partial charge in [-0.05, 0) is 30.2 Å². The van der Waals surface area contributed by atoms with Crippen molar-refractivity contribution in [3.8, 4) is 0 Å². The number of carbonyl (C=O) groups is 2. The van der Waals surface area contributed by atoms with E-state index in [1.54, 1.807) is 6.07 Å². The standard InChI is InChI=1S/C14H20N2O2S/c1-10-5-2-3-6-11(10)16-13(17)9-15-14(18)12-7-4-8-19-12/h4,7-8,10-11H,2-3,5-6,9H2,1H3,(H,15,18)(H,16,17)/t10-,11-/m1/s1. The largest absolute Gasteiger partial charge is 0.352 e. The molecule has 0 bridgehead atoms. The third-order valence-corrected chi connectivity index (χ3v) is 4.48. The molecule has 0 radical (unpaired) electrons. The minimum atomic E-state index is -0.179. The Balaban J connectivity index is 1.74. The van der Waals surface area contributed by atoms with Crippen molar-refractivity contribution in [3.05, 3.63) is 22.4 Å². The van der Waals surface area contributed by atoms with Crippen LogP contribution in [0.15, 0.2) is 17.5 Å². The number of carbonyl (C=O) groups excluding carboxylic acids is 2. The zero-order valence-corrected chi connectivity index (χ0v) is 12.0. The molecule has 1 heterocycles. The molecule has 0 aromatic carbocycles. The summed E-state index contributed by atoms with van der Waals surface area (Å²) in [6.07, 6.45) is 4.65. The van der Waals surface area contributed by atoms with Crippen LogP contribution in [0.25, 0.3) is 0 Å². The van der Waals surface area contributed by atoms with E-state index in [4.69, 9.17) is 0 Å². The van der Waals surface area contributed by atoms with Crippen LogP contribution < -0.4 is 10.6 Å². The van der Waals surface area contributed by atoms with Gasteiger partial charge in [-0.1, -0.05) is 25.8 Å². The van der Waals surface area contributed by atoms with Crippen molar-refractivity contribution in [1.29, 1.82) is 0 Å². The van der Waals surface area contributed by atoms with Gasteiger partial charge in [0.05, 0.1) is 11.4 Å². The Kier molecular flexibility index (Phi) is 4.96. The SMILES string of the molecule is C[C@@H]1CCCC[C@H]1NC(=O)CNC(=O)c1cccs1. The minimum Gasteiger partial charge on any atom is -0.352 e. The summed E-state index contributed by atoms with van der Waals surface area (Å²) >= 11 is 1.38. The summed E-state index contributed by atoms with van der Waals surface area (Å²) in [7, 11) is 0. The first-order chi connectivity index (χ1) is 9.16. The number of rotatable bonds is 4. The maximum Gasteiger partial charge on any atom is 0.261 e. The smallest absolute Gasteiger partial charge is 0.261 e. The number of hydrogen-bond donors (Lipinski definition) is 2. The third kappa shape index (κ3) is 4.06. The Labute approximate surface area is 117 Å². The lowest BCUT2D eigenvalue weighted by atomic mass is 9.86. The first-order valence-electron chi connectivity index (χ1n) is 6.78. The molecular weight excluding hydrogens is 260 g/mol. The molecular formula is C14H20N2O2S. The molecule has 1 aliphatic carbocycles. The normalized spacial score (nSPS) is 22.8. The second-order valence-electron chi connectivity index (χ2n) is 5.10. The van der Waals surface area contributed by atoms with Gasteiger partial charge in [0.2, 0.25) is 5.91 Å². The van der Waals surface area contributed by atoms with E-state index < -0.39 is 0 Å². The van der Waals surface area contributed by atoms with Crippen LogP contribution in [0.4, 0.5) is 0 Å². The summed E-state index contributed by atoms with van der Waals surface area (Å²) in [6, 6.07) is 3.84. The molecule has 5 heteroatoms. The van der Waals surface area contributed by atoms with Crippen LogP contribution >= 0.6 is 11.3 Å². The molecule has 2 rings (SSSR count). The Hall–Kier alpha value is -1.36. The minimum absolute atomic E-state index is 0.0555. The Bertz CT molecular complexity index is 431. The zero-order valence-electron chi connectivity index (χ0n) is 11.1. The quantitative estimate of drug-likeness (QED) is 0.888. The summed E-state index contributed by atoms with van der Waals surface area (Å²) in [6.45, 7) is 2.23. The maximum absolute atomic E-state index is 11.8. The first kappa shape index (κ1) is 14.1. The van der Waals surface area contributed by atoms with E-state index in [0.717, 1.165) is 6.42 Å². The van der Waals surface area contributed by atoms with Gasteiger partial charge in [-0.3, -0.25) is 9.59 Å². The molecule has 1 aromatic rings. The molecule has 2 N–H and O–H groups in total. The molecule has 0 spiro atoms. The fraction of sp³-hybridized carbons (Fsp3) is 0.571. The van der Waals surface area contributed by atoms with Crippen LogP contribution in [0.5, 0.6) is 0 Å². The van der Waals surface area contributed by atoms with Crippen LogP contribution in [0.1, 0.15) is 42.3 Å². The highest BCUT2D eigenvalue weighted by Gasteiger charge is 2.22. The fourth-order valence-electron chi connectivity index (χ4n) is 2.44. The van der Waals surface area contributed by atoms with Crippen molar-refractivity contribution in [3.63, 3.8) is 0 Å². The molecule has 19 heavy (non-hydrogen) atoms. The van der Waals surface area contributed by atoms with Crippen molar-refractivity contribution >= 4 is 23.2 Å². The number of hydrogen-bond acceptors (Lipinski definition) is 3. The lowest BCUT2D eigenvalue weighted by Crippen LogP contribution is -2.45. The van der Waals surface area contributed by atoms with Crippen LogP contribution in [-0.4, -0.2) is 24.4 Å².